The number of rotatable bonds is 4. The summed E-state index contributed by atoms with van der Waals surface area (Å²) in [5.74, 6) is 2.19. The molecule has 2 bridgehead atoms. The van der Waals surface area contributed by atoms with Gasteiger partial charge in [0.1, 0.15) is 5.82 Å². The number of hydrogen-bond donors (Lipinski definition) is 2. The first-order chi connectivity index (χ1) is 12.1. The van der Waals surface area contributed by atoms with Gasteiger partial charge in [-0.15, -0.1) is 37.2 Å². The van der Waals surface area contributed by atoms with Crippen LogP contribution in [0, 0.1) is 17.8 Å². The van der Waals surface area contributed by atoms with Crippen molar-refractivity contribution in [2.75, 3.05) is 38.1 Å². The molecule has 2 aliphatic carbocycles. The molecule has 1 aliphatic heterocycles. The second-order valence-electron chi connectivity index (χ2n) is 7.93. The smallest absolute Gasteiger partial charge is 0.225 e. The number of nitrogens with one attached hydrogen (secondary N) is 1. The minimum Gasteiger partial charge on any atom is -0.354 e. The van der Waals surface area contributed by atoms with Crippen LogP contribution in [0.15, 0.2) is 18.3 Å². The van der Waals surface area contributed by atoms with Crippen LogP contribution in [-0.2, 0) is 11.3 Å². The molecule has 28 heavy (non-hydrogen) atoms. The van der Waals surface area contributed by atoms with Gasteiger partial charge in [0.2, 0.25) is 5.91 Å². The van der Waals surface area contributed by atoms with Gasteiger partial charge >= 0.3 is 0 Å². The van der Waals surface area contributed by atoms with E-state index in [9.17, 15) is 4.79 Å². The highest BCUT2D eigenvalue weighted by Crippen LogP contribution is 2.47. The minimum absolute atomic E-state index is 0. The molecular formula is C19H32Cl3N5O. The Morgan fingerprint density at radius 3 is 2.50 bits per heavy atom. The van der Waals surface area contributed by atoms with E-state index in [1.54, 1.807) is 0 Å². The number of halogens is 3. The molecule has 1 aromatic heterocycles. The number of carbonyl (C=O) groups excluding carboxylic acids is 1. The molecule has 9 heteroatoms. The van der Waals surface area contributed by atoms with Crippen LogP contribution in [0.25, 0.3) is 0 Å². The van der Waals surface area contributed by atoms with Gasteiger partial charge in [0.05, 0.1) is 5.92 Å². The molecule has 3 fully saturated rings. The average Bonchev–Trinajstić information content (AvgIpc) is 3.22. The summed E-state index contributed by atoms with van der Waals surface area (Å²) in [6, 6.07) is 4.07. The van der Waals surface area contributed by atoms with Gasteiger partial charge in [-0.05, 0) is 44.2 Å². The van der Waals surface area contributed by atoms with Crippen molar-refractivity contribution in [3.63, 3.8) is 0 Å². The van der Waals surface area contributed by atoms with E-state index in [0.29, 0.717) is 18.4 Å². The summed E-state index contributed by atoms with van der Waals surface area (Å²) in [7, 11) is 2.15. The van der Waals surface area contributed by atoms with E-state index in [1.807, 2.05) is 12.3 Å². The summed E-state index contributed by atoms with van der Waals surface area (Å²) in [6.45, 7) is 4.58. The topological polar surface area (TPSA) is 74.5 Å². The fourth-order valence-electron chi connectivity index (χ4n) is 4.90. The quantitative estimate of drug-likeness (QED) is 0.732. The lowest BCUT2D eigenvalue weighted by atomic mass is 9.84. The van der Waals surface area contributed by atoms with Crippen molar-refractivity contribution in [2.24, 2.45) is 23.5 Å². The maximum atomic E-state index is 12.7. The highest BCUT2D eigenvalue weighted by molar-refractivity contribution is 5.86. The third kappa shape index (κ3) is 5.03. The lowest BCUT2D eigenvalue weighted by Crippen LogP contribution is -2.46. The summed E-state index contributed by atoms with van der Waals surface area (Å²) >= 11 is 0. The number of aromatic nitrogens is 1. The Balaban J connectivity index is 0.00000131. The zero-order chi connectivity index (χ0) is 17.4. The first kappa shape index (κ1) is 25.2. The van der Waals surface area contributed by atoms with Crippen molar-refractivity contribution in [2.45, 2.75) is 31.8 Å². The fraction of sp³-hybridized carbons (Fsp3) is 0.684. The molecule has 0 aromatic carbocycles. The fourth-order valence-corrected chi connectivity index (χ4v) is 4.90. The number of nitrogens with zero attached hydrogens (tertiary/aromatic N) is 3. The monoisotopic (exact) mass is 451 g/mol. The summed E-state index contributed by atoms with van der Waals surface area (Å²) in [4.78, 5) is 22.0. The largest absolute Gasteiger partial charge is 0.354 e. The predicted molar refractivity (Wildman–Crippen MR) is 120 cm³/mol. The van der Waals surface area contributed by atoms with Crippen LogP contribution in [0.5, 0.6) is 0 Å². The molecule has 160 valence electrons. The standard InChI is InChI=1S/C19H29N5O.3ClH/c1-23-7-9-24(10-8-23)18-15(3-2-6-21-18)12-22-19(25)16-13-4-5-14(11-13)17(16)20;;;/h2-3,6,13-14,16-17H,4-5,7-12,20H2,1H3,(H,22,25);3*1H. The van der Waals surface area contributed by atoms with Crippen LogP contribution in [-0.4, -0.2) is 55.1 Å². The number of likely N-dealkylation sites (N-methyl/N-ethyl adjacent to an activating group) is 1. The number of pyridine rings is 1. The molecule has 4 atom stereocenters. The third-order valence-corrected chi connectivity index (χ3v) is 6.41. The summed E-state index contributed by atoms with van der Waals surface area (Å²) in [5, 5.41) is 3.15. The molecule has 0 spiro atoms. The average molecular weight is 453 g/mol. The number of piperazine rings is 1. The van der Waals surface area contributed by atoms with Gasteiger partial charge < -0.3 is 20.9 Å². The Morgan fingerprint density at radius 1 is 1.18 bits per heavy atom. The number of nitrogens with two attached hydrogens (primary N) is 1. The van der Waals surface area contributed by atoms with Gasteiger partial charge in [-0.3, -0.25) is 4.79 Å². The number of fused-ring (bicyclic) bond motifs is 2. The highest BCUT2D eigenvalue weighted by atomic mass is 35.5. The minimum atomic E-state index is 0. The Labute approximate surface area is 186 Å². The normalized spacial score (nSPS) is 28.7. The molecule has 2 heterocycles. The third-order valence-electron chi connectivity index (χ3n) is 6.41. The van der Waals surface area contributed by atoms with E-state index in [2.05, 4.69) is 33.2 Å². The molecule has 0 radical (unpaired) electrons. The van der Waals surface area contributed by atoms with Gasteiger partial charge in [0.15, 0.2) is 0 Å². The molecule has 1 amide bonds. The van der Waals surface area contributed by atoms with Gasteiger partial charge in [0, 0.05) is 50.5 Å². The second kappa shape index (κ2) is 10.8. The summed E-state index contributed by atoms with van der Waals surface area (Å²) in [5.41, 5.74) is 7.40. The maximum Gasteiger partial charge on any atom is 0.225 e. The van der Waals surface area contributed by atoms with Crippen LogP contribution >= 0.6 is 37.2 Å². The van der Waals surface area contributed by atoms with Crippen molar-refractivity contribution < 1.29 is 4.79 Å². The molecule has 2 saturated carbocycles. The van der Waals surface area contributed by atoms with E-state index in [4.69, 9.17) is 5.73 Å². The zero-order valence-electron chi connectivity index (χ0n) is 16.3. The predicted octanol–water partition coefficient (Wildman–Crippen LogP) is 2.09. The molecular weight excluding hydrogens is 421 g/mol. The first-order valence-electron chi connectivity index (χ1n) is 9.54. The SMILES string of the molecule is CN1CCN(c2ncccc2CNC(=O)C2C3CCC(C3)C2N)CC1.Cl.Cl.Cl. The Hall–Kier alpha value is -0.790. The molecule has 4 unspecified atom stereocenters. The molecule has 4 rings (SSSR count). The van der Waals surface area contributed by atoms with E-state index < -0.39 is 0 Å². The summed E-state index contributed by atoms with van der Waals surface area (Å²) < 4.78 is 0. The molecule has 6 nitrogen and oxygen atoms in total. The second-order valence-corrected chi connectivity index (χ2v) is 7.93. The lowest BCUT2D eigenvalue weighted by Gasteiger charge is -2.34. The summed E-state index contributed by atoms with van der Waals surface area (Å²) in [6.07, 6.45) is 5.34. The van der Waals surface area contributed by atoms with Gasteiger partial charge in [0.25, 0.3) is 0 Å². The Morgan fingerprint density at radius 2 is 1.86 bits per heavy atom. The Kier molecular flexibility index (Phi) is 9.77. The molecule has 3 aliphatic rings. The van der Waals surface area contributed by atoms with Crippen LogP contribution in [0.4, 0.5) is 5.82 Å². The van der Waals surface area contributed by atoms with Crippen molar-refractivity contribution >= 4 is 48.9 Å². The van der Waals surface area contributed by atoms with E-state index in [0.717, 1.165) is 50.4 Å². The van der Waals surface area contributed by atoms with E-state index in [1.165, 1.54) is 6.42 Å². The maximum absolute atomic E-state index is 12.7. The highest BCUT2D eigenvalue weighted by Gasteiger charge is 2.48. The van der Waals surface area contributed by atoms with Crippen molar-refractivity contribution in [3.8, 4) is 0 Å². The number of amides is 1. The molecule has 1 aromatic rings. The lowest BCUT2D eigenvalue weighted by molar-refractivity contribution is -0.127. The first-order valence-corrected chi connectivity index (χ1v) is 9.54. The van der Waals surface area contributed by atoms with Gasteiger partial charge in [-0.2, -0.15) is 0 Å². The number of hydrogen-bond acceptors (Lipinski definition) is 5. The van der Waals surface area contributed by atoms with Gasteiger partial charge in [-0.25, -0.2) is 4.98 Å². The van der Waals surface area contributed by atoms with E-state index >= 15 is 0 Å². The van der Waals surface area contributed by atoms with Crippen LogP contribution in [0.2, 0.25) is 0 Å². The van der Waals surface area contributed by atoms with Crippen molar-refractivity contribution in [1.29, 1.82) is 0 Å². The number of anilines is 1. The van der Waals surface area contributed by atoms with Crippen molar-refractivity contribution in [1.82, 2.24) is 15.2 Å². The van der Waals surface area contributed by atoms with Gasteiger partial charge in [-0.1, -0.05) is 6.07 Å². The van der Waals surface area contributed by atoms with Crippen molar-refractivity contribution in [3.05, 3.63) is 23.9 Å². The zero-order valence-corrected chi connectivity index (χ0v) is 18.7. The van der Waals surface area contributed by atoms with Crippen LogP contribution < -0.4 is 16.0 Å². The Bertz CT molecular complexity index is 640. The number of carbonyl (C=O) groups is 1. The van der Waals surface area contributed by atoms with Crippen LogP contribution in [0.1, 0.15) is 24.8 Å². The van der Waals surface area contributed by atoms with E-state index in [-0.39, 0.29) is 55.1 Å². The molecule has 3 N–H and O–H groups in total. The molecule has 1 saturated heterocycles. The van der Waals surface area contributed by atoms with Crippen LogP contribution in [0.3, 0.4) is 0 Å².